The molecule has 2 fully saturated rings. The van der Waals surface area contributed by atoms with E-state index >= 15 is 0 Å². The SMILES string of the molecule is COc1cc(C=C2SC(=O)N(CC(=O)N3CCCCCC3)C2=O)cc(Br)c1OCc1ccc(I)cc1. The van der Waals surface area contributed by atoms with E-state index in [-0.39, 0.29) is 17.4 Å². The molecule has 2 aromatic rings. The van der Waals surface area contributed by atoms with Crippen molar-refractivity contribution in [2.24, 2.45) is 0 Å². The highest BCUT2D eigenvalue weighted by Crippen LogP contribution is 2.39. The second-order valence-corrected chi connectivity index (χ2v) is 11.6. The number of carbonyl (C=O) groups excluding carboxylic acids is 3. The Hall–Kier alpha value is -2.05. The molecule has 0 atom stereocenters. The lowest BCUT2D eigenvalue weighted by atomic mass is 10.1. The molecule has 2 aromatic carbocycles. The second-order valence-electron chi connectivity index (χ2n) is 8.51. The van der Waals surface area contributed by atoms with Gasteiger partial charge in [0.15, 0.2) is 11.5 Å². The van der Waals surface area contributed by atoms with Crippen molar-refractivity contribution in [3.63, 3.8) is 0 Å². The molecule has 0 spiro atoms. The number of nitrogens with zero attached hydrogens (tertiary/aromatic N) is 2. The quantitative estimate of drug-likeness (QED) is 0.260. The normalized spacial score (nSPS) is 17.5. The number of thioether (sulfide) groups is 1. The molecule has 36 heavy (non-hydrogen) atoms. The number of carbonyl (C=O) groups is 3. The van der Waals surface area contributed by atoms with Gasteiger partial charge < -0.3 is 14.4 Å². The molecule has 2 aliphatic rings. The monoisotopic (exact) mass is 684 g/mol. The van der Waals surface area contributed by atoms with Crippen LogP contribution in [0.2, 0.25) is 0 Å². The van der Waals surface area contributed by atoms with Crippen LogP contribution in [0.1, 0.15) is 36.8 Å². The summed E-state index contributed by atoms with van der Waals surface area (Å²) in [6.07, 6.45) is 5.74. The summed E-state index contributed by atoms with van der Waals surface area (Å²) in [5.74, 6) is 0.405. The molecule has 0 aromatic heterocycles. The van der Waals surface area contributed by atoms with E-state index in [0.29, 0.717) is 41.2 Å². The van der Waals surface area contributed by atoms with E-state index < -0.39 is 11.1 Å². The van der Waals surface area contributed by atoms with Crippen LogP contribution in [-0.4, -0.2) is 53.6 Å². The van der Waals surface area contributed by atoms with Gasteiger partial charge >= 0.3 is 0 Å². The third-order valence-corrected chi connectivity index (χ3v) is 8.19. The molecular weight excluding hydrogens is 659 g/mol. The van der Waals surface area contributed by atoms with Crippen LogP contribution in [0.4, 0.5) is 4.79 Å². The first-order chi connectivity index (χ1) is 17.4. The number of amides is 3. The van der Waals surface area contributed by atoms with Crippen LogP contribution in [0.15, 0.2) is 45.8 Å². The van der Waals surface area contributed by atoms with Gasteiger partial charge in [-0.15, -0.1) is 0 Å². The van der Waals surface area contributed by atoms with Crippen molar-refractivity contribution in [1.29, 1.82) is 0 Å². The Bertz CT molecular complexity index is 1180. The lowest BCUT2D eigenvalue weighted by Crippen LogP contribution is -2.42. The molecule has 10 heteroatoms. The molecule has 0 saturated carbocycles. The number of ether oxygens (including phenoxy) is 2. The maximum Gasteiger partial charge on any atom is 0.294 e. The first-order valence-electron chi connectivity index (χ1n) is 11.6. The van der Waals surface area contributed by atoms with Crippen molar-refractivity contribution in [1.82, 2.24) is 9.80 Å². The number of methoxy groups -OCH3 is 1. The van der Waals surface area contributed by atoms with Crippen LogP contribution in [0.25, 0.3) is 6.08 Å². The maximum absolute atomic E-state index is 13.0. The van der Waals surface area contributed by atoms with Crippen molar-refractivity contribution >= 4 is 73.4 Å². The highest BCUT2D eigenvalue weighted by atomic mass is 127. The van der Waals surface area contributed by atoms with Gasteiger partial charge in [0.2, 0.25) is 5.91 Å². The number of likely N-dealkylation sites (tertiary alicyclic amines) is 1. The van der Waals surface area contributed by atoms with E-state index in [2.05, 4.69) is 38.5 Å². The fourth-order valence-corrected chi connectivity index (χ4v) is 5.81. The van der Waals surface area contributed by atoms with Crippen molar-refractivity contribution in [3.8, 4) is 11.5 Å². The Morgan fingerprint density at radius 1 is 1.11 bits per heavy atom. The van der Waals surface area contributed by atoms with Crippen LogP contribution < -0.4 is 9.47 Å². The first kappa shape index (κ1) is 27.0. The number of hydrogen-bond donors (Lipinski definition) is 0. The van der Waals surface area contributed by atoms with Crippen LogP contribution in [0, 0.1) is 3.57 Å². The highest BCUT2D eigenvalue weighted by molar-refractivity contribution is 14.1. The Morgan fingerprint density at radius 3 is 2.47 bits per heavy atom. The topological polar surface area (TPSA) is 76.2 Å². The zero-order valence-electron chi connectivity index (χ0n) is 19.8. The van der Waals surface area contributed by atoms with Gasteiger partial charge in [0.05, 0.1) is 16.5 Å². The summed E-state index contributed by atoms with van der Waals surface area (Å²) >= 11 is 6.64. The summed E-state index contributed by atoms with van der Waals surface area (Å²) in [4.78, 5) is 41.3. The Morgan fingerprint density at radius 2 is 1.81 bits per heavy atom. The molecule has 0 unspecified atom stereocenters. The third kappa shape index (κ3) is 6.63. The van der Waals surface area contributed by atoms with E-state index in [1.165, 1.54) is 0 Å². The maximum atomic E-state index is 13.0. The summed E-state index contributed by atoms with van der Waals surface area (Å²) in [6.45, 7) is 1.50. The Labute approximate surface area is 236 Å². The van der Waals surface area contributed by atoms with E-state index in [0.717, 1.165) is 51.5 Å². The van der Waals surface area contributed by atoms with E-state index in [1.54, 1.807) is 24.2 Å². The van der Waals surface area contributed by atoms with Crippen molar-refractivity contribution in [2.75, 3.05) is 26.7 Å². The van der Waals surface area contributed by atoms with Crippen LogP contribution in [0.3, 0.4) is 0 Å². The third-order valence-electron chi connectivity index (χ3n) is 5.97. The molecule has 3 amide bonds. The van der Waals surface area contributed by atoms with Crippen LogP contribution in [0.5, 0.6) is 11.5 Å². The minimum Gasteiger partial charge on any atom is -0.493 e. The Balaban J connectivity index is 1.47. The molecule has 2 saturated heterocycles. The smallest absolute Gasteiger partial charge is 0.294 e. The molecule has 7 nitrogen and oxygen atoms in total. The molecule has 2 heterocycles. The molecule has 0 N–H and O–H groups in total. The van der Waals surface area contributed by atoms with Gasteiger partial charge in [-0.3, -0.25) is 19.3 Å². The minimum atomic E-state index is -0.456. The zero-order valence-corrected chi connectivity index (χ0v) is 24.4. The molecule has 2 aliphatic heterocycles. The fraction of sp³-hybridized carbons (Fsp3) is 0.346. The predicted octanol–water partition coefficient (Wildman–Crippen LogP) is 6.08. The number of hydrogen-bond acceptors (Lipinski definition) is 6. The number of halogens is 2. The van der Waals surface area contributed by atoms with Gasteiger partial charge in [0.25, 0.3) is 11.1 Å². The van der Waals surface area contributed by atoms with Crippen molar-refractivity contribution < 1.29 is 23.9 Å². The number of rotatable bonds is 7. The van der Waals surface area contributed by atoms with Gasteiger partial charge in [0.1, 0.15) is 13.2 Å². The minimum absolute atomic E-state index is 0.181. The molecule has 4 rings (SSSR count). The molecule has 0 radical (unpaired) electrons. The summed E-state index contributed by atoms with van der Waals surface area (Å²) < 4.78 is 13.3. The average molecular weight is 685 g/mol. The molecular formula is C26H26BrIN2O5S. The van der Waals surface area contributed by atoms with E-state index in [9.17, 15) is 14.4 Å². The van der Waals surface area contributed by atoms with Crippen LogP contribution >= 0.6 is 50.3 Å². The van der Waals surface area contributed by atoms with Gasteiger partial charge in [0, 0.05) is 16.7 Å². The standard InChI is InChI=1S/C26H26BrIN2O5S/c1-34-21-13-18(12-20(27)24(21)35-16-17-6-8-19(28)9-7-17)14-22-25(32)30(26(33)36-22)15-23(31)29-10-4-2-3-5-11-29/h6-9,12-14H,2-5,10-11,15-16H2,1H3. The summed E-state index contributed by atoms with van der Waals surface area (Å²) in [5.41, 5.74) is 1.70. The predicted molar refractivity (Wildman–Crippen MR) is 152 cm³/mol. The largest absolute Gasteiger partial charge is 0.493 e. The van der Waals surface area contributed by atoms with Gasteiger partial charge in [-0.1, -0.05) is 25.0 Å². The average Bonchev–Trinajstić information content (AvgIpc) is 3.05. The summed E-state index contributed by atoms with van der Waals surface area (Å²) in [5, 5.41) is -0.432. The highest BCUT2D eigenvalue weighted by Gasteiger charge is 2.37. The second kappa shape index (κ2) is 12.5. The van der Waals surface area contributed by atoms with E-state index in [1.807, 2.05) is 30.3 Å². The number of imide groups is 1. The lowest BCUT2D eigenvalue weighted by Gasteiger charge is -2.22. The first-order valence-corrected chi connectivity index (χ1v) is 14.3. The van der Waals surface area contributed by atoms with Crippen LogP contribution in [-0.2, 0) is 16.2 Å². The molecule has 190 valence electrons. The van der Waals surface area contributed by atoms with Gasteiger partial charge in [-0.2, -0.15) is 0 Å². The zero-order chi connectivity index (χ0) is 25.7. The van der Waals surface area contributed by atoms with Gasteiger partial charge in [-0.05, 0) is 105 Å². The van der Waals surface area contributed by atoms with Crippen molar-refractivity contribution in [3.05, 3.63) is 60.5 Å². The van der Waals surface area contributed by atoms with Gasteiger partial charge in [-0.25, -0.2) is 0 Å². The summed E-state index contributed by atoms with van der Waals surface area (Å²) in [7, 11) is 1.55. The van der Waals surface area contributed by atoms with E-state index in [4.69, 9.17) is 9.47 Å². The lowest BCUT2D eigenvalue weighted by molar-refractivity contribution is -0.135. The van der Waals surface area contributed by atoms with Crippen molar-refractivity contribution in [2.45, 2.75) is 32.3 Å². The fourth-order valence-electron chi connectivity index (χ4n) is 4.04. The molecule has 0 bridgehead atoms. The molecule has 0 aliphatic carbocycles. The summed E-state index contributed by atoms with van der Waals surface area (Å²) in [6, 6.07) is 11.6. The Kier molecular flexibility index (Phi) is 9.35. The number of benzene rings is 2.